The van der Waals surface area contributed by atoms with E-state index >= 15 is 0 Å². The highest BCUT2D eigenvalue weighted by atomic mass is 19.4. The van der Waals surface area contributed by atoms with Gasteiger partial charge in [0, 0.05) is 65.5 Å². The maximum absolute atomic E-state index is 14.1. The SMILES string of the molecule is [C-]#[N+]c1ccc(-c2ccc(-c3cc(C(F)(F)F)cc(C(F)(F)F)c3)cc2-n2c3ccccc3c3cc(C)ccc32)c(-n2c3ccccc3c3cc(C)ccc32)c1.[C-]#[N+]c1ccc(-n2c3ccccc3c3cc(C)ccc32)c(-c2ccc(-c3cc(C(F)(F)F)cc(C(F)(F)F)c3)cc2-n2c3ccccc3c3cc(C)ccc32)c1. The standard InChI is InChI=1S/2C47H29F6N3/c1-27-12-18-42-38(20-27)34-8-4-6-10-40(34)55(42)44-24-29(30-22-31(46(48,49)50)25-32(23-30)47(51,52)53)14-16-36(44)37-17-15-33(54-3)26-45(37)56-41-11-7-5-9-35(41)39-21-28(2)13-19-43(39)56;1-27-12-17-42-37(20-27)34-8-4-6-10-40(34)55(42)44-19-15-33(54-3)26-39(44)36-16-14-29(30-22-31(46(48,49)50)25-32(23-30)47(51,52)53)24-45(36)56-41-11-7-5-9-35(41)38-21-28(2)13-18-43(38)56/h2*4-26H,1-2H3. The molecule has 4 aromatic heterocycles. The van der Waals surface area contributed by atoms with Gasteiger partial charge in [0.2, 0.25) is 0 Å². The van der Waals surface area contributed by atoms with Gasteiger partial charge in [-0.25, -0.2) is 9.69 Å². The molecule has 0 saturated heterocycles. The Hall–Kier alpha value is -13.6. The molecule has 6 nitrogen and oxygen atoms in total. The van der Waals surface area contributed by atoms with Gasteiger partial charge in [0.1, 0.15) is 0 Å². The van der Waals surface area contributed by atoms with Crippen LogP contribution in [-0.4, -0.2) is 18.3 Å². The predicted molar refractivity (Wildman–Crippen MR) is 423 cm³/mol. The number of aromatic nitrogens is 4. The zero-order valence-electron chi connectivity index (χ0n) is 59.8. The average Bonchev–Trinajstić information content (AvgIpc) is 1.59. The molecule has 18 heteroatoms. The highest BCUT2D eigenvalue weighted by molar-refractivity contribution is 6.14. The smallest absolute Gasteiger partial charge is 0.310 e. The third-order valence-electron chi connectivity index (χ3n) is 20.9. The molecule has 4 heterocycles. The number of hydrogen-bond donors (Lipinski definition) is 0. The Bertz CT molecular complexity index is 6980. The van der Waals surface area contributed by atoms with Gasteiger partial charge >= 0.3 is 24.7 Å². The van der Waals surface area contributed by atoms with Crippen molar-refractivity contribution >= 4 is 98.6 Å². The number of rotatable bonds is 8. The van der Waals surface area contributed by atoms with Crippen LogP contribution in [0.25, 0.3) is 164 Å². The van der Waals surface area contributed by atoms with Crippen molar-refractivity contribution in [1.82, 2.24) is 18.3 Å². The lowest BCUT2D eigenvalue weighted by atomic mass is 9.94. The number of aryl methyl sites for hydroxylation is 4. The number of benzene rings is 14. The molecule has 0 fully saturated rings. The van der Waals surface area contributed by atoms with E-state index in [9.17, 15) is 52.7 Å². The molecular weight excluding hydrogens is 1440 g/mol. The number of hydrogen-bond acceptors (Lipinski definition) is 0. The molecule has 0 spiro atoms. The minimum atomic E-state index is -5.01. The lowest BCUT2D eigenvalue weighted by molar-refractivity contribution is -0.144. The van der Waals surface area contributed by atoms with Crippen molar-refractivity contribution < 1.29 is 52.7 Å². The van der Waals surface area contributed by atoms with Crippen LogP contribution in [0.15, 0.2) is 279 Å². The lowest BCUT2D eigenvalue weighted by Gasteiger charge is -2.21. The minimum absolute atomic E-state index is 0.142. The molecule has 0 aliphatic rings. The van der Waals surface area contributed by atoms with E-state index in [4.69, 9.17) is 13.1 Å². The Morgan fingerprint density at radius 2 is 0.491 bits per heavy atom. The molecule has 548 valence electrons. The second kappa shape index (κ2) is 26.6. The Morgan fingerprint density at radius 3 is 0.812 bits per heavy atom. The average molecular weight is 1500 g/mol. The van der Waals surface area contributed by atoms with Crippen molar-refractivity contribution in [1.29, 1.82) is 0 Å². The van der Waals surface area contributed by atoms with Gasteiger partial charge < -0.3 is 18.3 Å². The number of para-hydroxylation sites is 4. The monoisotopic (exact) mass is 1500 g/mol. The van der Waals surface area contributed by atoms with Crippen LogP contribution >= 0.6 is 0 Å². The third-order valence-corrected chi connectivity index (χ3v) is 20.9. The fraction of sp³-hybridized carbons (Fsp3) is 0.0851. The van der Waals surface area contributed by atoms with Crippen LogP contribution in [0.3, 0.4) is 0 Å². The third kappa shape index (κ3) is 12.4. The summed E-state index contributed by atoms with van der Waals surface area (Å²) in [4.78, 5) is 7.54. The first kappa shape index (κ1) is 71.3. The van der Waals surface area contributed by atoms with Crippen molar-refractivity contribution in [3.05, 3.63) is 346 Å². The van der Waals surface area contributed by atoms with E-state index < -0.39 is 47.0 Å². The van der Waals surface area contributed by atoms with Gasteiger partial charge in [0.05, 0.1) is 96.6 Å². The summed E-state index contributed by atoms with van der Waals surface area (Å²) in [5.74, 6) is 0. The summed E-state index contributed by atoms with van der Waals surface area (Å²) in [6, 6.07) is 80.1. The molecule has 0 saturated carbocycles. The van der Waals surface area contributed by atoms with Crippen molar-refractivity contribution in [2.24, 2.45) is 0 Å². The Kier molecular flexibility index (Phi) is 17.0. The van der Waals surface area contributed by atoms with Gasteiger partial charge in [0.15, 0.2) is 11.4 Å². The largest absolute Gasteiger partial charge is 0.416 e. The predicted octanol–water partition coefficient (Wildman–Crippen LogP) is 28.8. The van der Waals surface area contributed by atoms with Gasteiger partial charge in [0.25, 0.3) is 0 Å². The highest BCUT2D eigenvalue weighted by Crippen LogP contribution is 2.49. The summed E-state index contributed by atoms with van der Waals surface area (Å²) in [5.41, 5.74) is 11.3. The highest BCUT2D eigenvalue weighted by Gasteiger charge is 2.39. The molecule has 18 rings (SSSR count). The molecule has 0 radical (unpaired) electrons. The lowest BCUT2D eigenvalue weighted by Crippen LogP contribution is -2.11. The van der Waals surface area contributed by atoms with Crippen molar-refractivity contribution in [3.8, 4) is 67.3 Å². The van der Waals surface area contributed by atoms with Crippen LogP contribution < -0.4 is 0 Å². The quantitative estimate of drug-likeness (QED) is 0.107. The van der Waals surface area contributed by atoms with E-state index in [2.05, 4.69) is 61.3 Å². The first-order valence-electron chi connectivity index (χ1n) is 35.5. The second-order valence-corrected chi connectivity index (χ2v) is 28.2. The second-order valence-electron chi connectivity index (χ2n) is 28.2. The van der Waals surface area contributed by atoms with Crippen LogP contribution in [-0.2, 0) is 24.7 Å². The van der Waals surface area contributed by atoms with E-state index in [0.717, 1.165) is 139 Å². The molecular formula is C94H58F12N6. The molecule has 0 atom stereocenters. The van der Waals surface area contributed by atoms with Gasteiger partial charge in [-0.3, -0.25) is 0 Å². The van der Waals surface area contributed by atoms with Crippen LogP contribution in [0.1, 0.15) is 44.5 Å². The first-order valence-corrected chi connectivity index (χ1v) is 35.5. The summed E-state index contributed by atoms with van der Waals surface area (Å²) in [6.07, 6.45) is -20.0. The zero-order valence-corrected chi connectivity index (χ0v) is 59.8. The summed E-state index contributed by atoms with van der Waals surface area (Å²) in [7, 11) is 0. The Labute approximate surface area is 632 Å². The Balaban J connectivity index is 0.000000163. The van der Waals surface area contributed by atoms with Crippen LogP contribution in [0.4, 0.5) is 64.1 Å². The van der Waals surface area contributed by atoms with E-state index in [0.29, 0.717) is 50.7 Å². The number of nitrogens with zero attached hydrogens (tertiary/aromatic N) is 6. The fourth-order valence-corrected chi connectivity index (χ4v) is 15.9. The molecule has 14 aromatic carbocycles. The van der Waals surface area contributed by atoms with Crippen molar-refractivity contribution in [2.75, 3.05) is 0 Å². The van der Waals surface area contributed by atoms with Crippen LogP contribution in [0.2, 0.25) is 0 Å². The molecule has 0 N–H and O–H groups in total. The summed E-state index contributed by atoms with van der Waals surface area (Å²) >= 11 is 0. The number of alkyl halides is 12. The molecule has 112 heavy (non-hydrogen) atoms. The van der Waals surface area contributed by atoms with E-state index in [1.54, 1.807) is 54.6 Å². The summed E-state index contributed by atoms with van der Waals surface area (Å²) < 4.78 is 178. The van der Waals surface area contributed by atoms with Gasteiger partial charge in [-0.05, 0) is 195 Å². The molecule has 0 aliphatic heterocycles. The maximum Gasteiger partial charge on any atom is 0.416 e. The fourth-order valence-electron chi connectivity index (χ4n) is 15.9. The number of fused-ring (bicyclic) bond motifs is 12. The summed E-state index contributed by atoms with van der Waals surface area (Å²) in [6.45, 7) is 24.0. The molecule has 0 unspecified atom stereocenters. The minimum Gasteiger partial charge on any atom is -0.310 e. The molecule has 18 aromatic rings. The zero-order chi connectivity index (χ0) is 78.2. The van der Waals surface area contributed by atoms with E-state index in [1.165, 1.54) is 0 Å². The molecule has 0 bridgehead atoms. The topological polar surface area (TPSA) is 28.4 Å². The molecule has 0 amide bonds. The van der Waals surface area contributed by atoms with Crippen molar-refractivity contribution in [3.63, 3.8) is 0 Å². The number of halogens is 12. The Morgan fingerprint density at radius 1 is 0.223 bits per heavy atom. The van der Waals surface area contributed by atoms with Gasteiger partial charge in [-0.1, -0.05) is 162 Å². The molecule has 0 aliphatic carbocycles. The van der Waals surface area contributed by atoms with Gasteiger partial charge in [-0.2, -0.15) is 52.7 Å². The first-order chi connectivity index (χ1) is 53.6. The summed E-state index contributed by atoms with van der Waals surface area (Å²) in [5, 5.41) is 7.85. The van der Waals surface area contributed by atoms with Crippen LogP contribution in [0, 0.1) is 40.8 Å². The normalized spacial score (nSPS) is 12.3. The van der Waals surface area contributed by atoms with Crippen LogP contribution in [0.5, 0.6) is 0 Å². The maximum atomic E-state index is 14.1. The van der Waals surface area contributed by atoms with Gasteiger partial charge in [-0.15, -0.1) is 0 Å². The van der Waals surface area contributed by atoms with E-state index in [-0.39, 0.29) is 34.4 Å². The van der Waals surface area contributed by atoms with Crippen molar-refractivity contribution in [2.45, 2.75) is 52.4 Å². The van der Waals surface area contributed by atoms with E-state index in [1.807, 2.05) is 182 Å².